The van der Waals surface area contributed by atoms with Crippen LogP contribution in [0.25, 0.3) is 6.08 Å². The van der Waals surface area contributed by atoms with E-state index in [2.05, 4.69) is 0 Å². The first kappa shape index (κ1) is 19.6. The van der Waals surface area contributed by atoms with Crippen LogP contribution < -0.4 is 14.2 Å². The van der Waals surface area contributed by atoms with E-state index < -0.39 is 0 Å². The number of methoxy groups -OCH3 is 1. The van der Waals surface area contributed by atoms with Crippen molar-refractivity contribution in [1.82, 2.24) is 0 Å². The molecule has 0 atom stereocenters. The minimum absolute atomic E-state index is 0.0382. The molecule has 4 nitrogen and oxygen atoms in total. The Balaban J connectivity index is 2.25. The molecule has 0 aliphatic carbocycles. The first-order valence-electron chi connectivity index (χ1n) is 8.73. The maximum atomic E-state index is 12.4. The van der Waals surface area contributed by atoms with Crippen LogP contribution in [0.15, 0.2) is 48.5 Å². The van der Waals surface area contributed by atoms with Crippen molar-refractivity contribution < 1.29 is 19.0 Å². The Morgan fingerprint density at radius 3 is 2.08 bits per heavy atom. The molecular formula is C22H26O4. The summed E-state index contributed by atoms with van der Waals surface area (Å²) in [5, 5.41) is 0. The molecule has 0 spiro atoms. The molecule has 0 fully saturated rings. The third kappa shape index (κ3) is 5.66. The highest BCUT2D eigenvalue weighted by molar-refractivity contribution is 6.07. The zero-order chi connectivity index (χ0) is 19.1. The molecule has 0 radical (unpaired) electrons. The fraction of sp³-hybridized carbons (Fsp3) is 0.318. The van der Waals surface area contributed by atoms with E-state index in [-0.39, 0.29) is 18.0 Å². The number of hydrogen-bond donors (Lipinski definition) is 0. The Labute approximate surface area is 155 Å². The van der Waals surface area contributed by atoms with E-state index in [1.807, 2.05) is 45.9 Å². The van der Waals surface area contributed by atoms with Crippen LogP contribution in [-0.4, -0.2) is 25.1 Å². The summed E-state index contributed by atoms with van der Waals surface area (Å²) in [6.07, 6.45) is 3.42. The summed E-state index contributed by atoms with van der Waals surface area (Å²) in [4.78, 5) is 12.4. The Bertz CT molecular complexity index is 758. The van der Waals surface area contributed by atoms with Gasteiger partial charge in [0.15, 0.2) is 5.78 Å². The fourth-order valence-electron chi connectivity index (χ4n) is 2.38. The molecule has 138 valence electrons. The molecule has 0 saturated heterocycles. The van der Waals surface area contributed by atoms with Crippen LogP contribution in [0.4, 0.5) is 0 Å². The Morgan fingerprint density at radius 1 is 0.885 bits per heavy atom. The number of allylic oxidation sites excluding steroid dienone is 1. The van der Waals surface area contributed by atoms with Gasteiger partial charge in [-0.3, -0.25) is 4.79 Å². The molecule has 4 heteroatoms. The lowest BCUT2D eigenvalue weighted by molar-refractivity contribution is 0.104. The van der Waals surface area contributed by atoms with Gasteiger partial charge in [0.2, 0.25) is 0 Å². The Morgan fingerprint density at radius 2 is 1.50 bits per heavy atom. The number of carbonyl (C=O) groups excluding carboxylic acids is 1. The van der Waals surface area contributed by atoms with Gasteiger partial charge in [-0.25, -0.2) is 0 Å². The number of carbonyl (C=O) groups is 1. The average Bonchev–Trinajstić information content (AvgIpc) is 2.60. The van der Waals surface area contributed by atoms with Gasteiger partial charge in [0, 0.05) is 11.1 Å². The van der Waals surface area contributed by atoms with E-state index in [4.69, 9.17) is 14.2 Å². The lowest BCUT2D eigenvalue weighted by atomic mass is 10.1. The van der Waals surface area contributed by atoms with Crippen molar-refractivity contribution >= 4 is 11.9 Å². The van der Waals surface area contributed by atoms with Crippen LogP contribution in [0.1, 0.15) is 43.6 Å². The van der Waals surface area contributed by atoms with Crippen LogP contribution in [-0.2, 0) is 0 Å². The molecule has 0 aromatic heterocycles. The van der Waals surface area contributed by atoms with Gasteiger partial charge in [0.25, 0.3) is 0 Å². The van der Waals surface area contributed by atoms with E-state index >= 15 is 0 Å². The lowest BCUT2D eigenvalue weighted by Gasteiger charge is -2.15. The first-order valence-corrected chi connectivity index (χ1v) is 8.73. The summed E-state index contributed by atoms with van der Waals surface area (Å²) in [6.45, 7) is 7.88. The van der Waals surface area contributed by atoms with Gasteiger partial charge in [-0.05, 0) is 82.3 Å². The second kappa shape index (κ2) is 9.09. The van der Waals surface area contributed by atoms with Crippen LogP contribution in [0.2, 0.25) is 0 Å². The minimum Gasteiger partial charge on any atom is -0.497 e. The predicted molar refractivity (Wildman–Crippen MR) is 104 cm³/mol. The third-order valence-corrected chi connectivity index (χ3v) is 3.50. The predicted octanol–water partition coefficient (Wildman–Crippen LogP) is 5.17. The van der Waals surface area contributed by atoms with Gasteiger partial charge < -0.3 is 14.2 Å². The summed E-state index contributed by atoms with van der Waals surface area (Å²) >= 11 is 0. The maximum Gasteiger partial charge on any atom is 0.185 e. The van der Waals surface area contributed by atoms with Crippen molar-refractivity contribution in [3.8, 4) is 17.2 Å². The van der Waals surface area contributed by atoms with Gasteiger partial charge >= 0.3 is 0 Å². The van der Waals surface area contributed by atoms with Gasteiger partial charge in [0.1, 0.15) is 17.2 Å². The molecule has 2 rings (SSSR count). The van der Waals surface area contributed by atoms with E-state index in [0.717, 1.165) is 22.8 Å². The highest BCUT2D eigenvalue weighted by Crippen LogP contribution is 2.27. The van der Waals surface area contributed by atoms with Gasteiger partial charge in [-0.2, -0.15) is 0 Å². The zero-order valence-electron chi connectivity index (χ0n) is 16.0. The molecule has 0 N–H and O–H groups in total. The van der Waals surface area contributed by atoms with E-state index in [0.29, 0.717) is 5.56 Å². The number of benzene rings is 2. The largest absolute Gasteiger partial charge is 0.497 e. The van der Waals surface area contributed by atoms with Gasteiger partial charge in [-0.1, -0.05) is 0 Å². The van der Waals surface area contributed by atoms with Crippen molar-refractivity contribution in [2.24, 2.45) is 0 Å². The Hall–Kier alpha value is -2.75. The molecule has 0 unspecified atom stereocenters. The number of ether oxygens (including phenoxy) is 3. The highest BCUT2D eigenvalue weighted by Gasteiger charge is 2.08. The Kier molecular flexibility index (Phi) is 6.84. The standard InChI is InChI=1S/C22H26O4/c1-15(2)25-20-11-13-22(26-16(3)4)18(14-20)8-12-21(23)17-6-9-19(24-5)10-7-17/h6-16H,1-5H3. The van der Waals surface area contributed by atoms with Crippen LogP contribution >= 0.6 is 0 Å². The number of rotatable bonds is 8. The molecule has 26 heavy (non-hydrogen) atoms. The van der Waals surface area contributed by atoms with Crippen LogP contribution in [0.5, 0.6) is 17.2 Å². The molecule has 0 amide bonds. The van der Waals surface area contributed by atoms with Crippen molar-refractivity contribution in [2.45, 2.75) is 39.9 Å². The van der Waals surface area contributed by atoms with Crippen molar-refractivity contribution in [3.63, 3.8) is 0 Å². The minimum atomic E-state index is -0.0849. The highest BCUT2D eigenvalue weighted by atomic mass is 16.5. The monoisotopic (exact) mass is 354 g/mol. The second-order valence-electron chi connectivity index (χ2n) is 6.46. The molecule has 0 aliphatic rings. The van der Waals surface area contributed by atoms with Crippen LogP contribution in [0.3, 0.4) is 0 Å². The number of hydrogen-bond acceptors (Lipinski definition) is 4. The molecular weight excluding hydrogens is 328 g/mol. The summed E-state index contributed by atoms with van der Waals surface area (Å²) in [7, 11) is 1.60. The fourth-order valence-corrected chi connectivity index (χ4v) is 2.38. The normalized spacial score (nSPS) is 11.2. The SMILES string of the molecule is COc1ccc(C(=O)C=Cc2cc(OC(C)C)ccc2OC(C)C)cc1. The van der Waals surface area contributed by atoms with Crippen LogP contribution in [0, 0.1) is 0 Å². The summed E-state index contributed by atoms with van der Waals surface area (Å²) in [6, 6.07) is 12.7. The van der Waals surface area contributed by atoms with Crippen molar-refractivity contribution in [2.75, 3.05) is 7.11 Å². The topological polar surface area (TPSA) is 44.8 Å². The van der Waals surface area contributed by atoms with Crippen molar-refractivity contribution in [3.05, 3.63) is 59.7 Å². The summed E-state index contributed by atoms with van der Waals surface area (Å²) < 4.78 is 16.7. The molecule has 0 heterocycles. The quantitative estimate of drug-likeness (QED) is 0.485. The van der Waals surface area contributed by atoms with E-state index in [1.54, 1.807) is 43.5 Å². The summed E-state index contributed by atoms with van der Waals surface area (Å²) in [5.41, 5.74) is 1.40. The molecule has 2 aromatic rings. The lowest BCUT2D eigenvalue weighted by Crippen LogP contribution is -2.08. The second-order valence-corrected chi connectivity index (χ2v) is 6.46. The maximum absolute atomic E-state index is 12.4. The molecule has 0 bridgehead atoms. The van der Waals surface area contributed by atoms with E-state index in [9.17, 15) is 4.79 Å². The third-order valence-electron chi connectivity index (χ3n) is 3.50. The average molecular weight is 354 g/mol. The number of ketones is 1. The zero-order valence-corrected chi connectivity index (χ0v) is 16.0. The summed E-state index contributed by atoms with van der Waals surface area (Å²) in [5.74, 6) is 2.09. The van der Waals surface area contributed by atoms with Gasteiger partial charge in [-0.15, -0.1) is 0 Å². The molecule has 0 saturated carbocycles. The molecule has 2 aromatic carbocycles. The van der Waals surface area contributed by atoms with E-state index in [1.165, 1.54) is 0 Å². The van der Waals surface area contributed by atoms with Gasteiger partial charge in [0.05, 0.1) is 19.3 Å². The smallest absolute Gasteiger partial charge is 0.185 e. The first-order chi connectivity index (χ1) is 12.4. The van der Waals surface area contributed by atoms with Crippen molar-refractivity contribution in [1.29, 1.82) is 0 Å². The molecule has 0 aliphatic heterocycles.